The van der Waals surface area contributed by atoms with Crippen LogP contribution in [-0.4, -0.2) is 82.5 Å². The molecule has 1 N–H and O–H groups in total. The number of amides is 2. The van der Waals surface area contributed by atoms with Crippen LogP contribution >= 0.6 is 0 Å². The number of methoxy groups -OCH3 is 2. The van der Waals surface area contributed by atoms with E-state index in [1.165, 1.54) is 17.7 Å². The van der Waals surface area contributed by atoms with Crippen molar-refractivity contribution in [2.45, 2.75) is 31.3 Å². The van der Waals surface area contributed by atoms with Gasteiger partial charge in [0.05, 0.1) is 20.5 Å². The molecular weight excluding hydrogens is 398 g/mol. The van der Waals surface area contributed by atoms with Crippen molar-refractivity contribution in [3.63, 3.8) is 0 Å². The fourth-order valence-electron chi connectivity index (χ4n) is 3.93. The Balaban J connectivity index is 1.79. The molecule has 0 radical (unpaired) electrons. The van der Waals surface area contributed by atoms with Gasteiger partial charge in [0.25, 0.3) is 0 Å². The molecule has 1 unspecified atom stereocenters. The maximum atomic E-state index is 13.2. The first-order valence-corrected chi connectivity index (χ1v) is 11.5. The van der Waals surface area contributed by atoms with E-state index in [1.54, 1.807) is 25.3 Å². The minimum atomic E-state index is -3.28. The highest BCUT2D eigenvalue weighted by atomic mass is 32.2. The topological polar surface area (TPSA) is 97.4 Å². The molecule has 2 aliphatic rings. The van der Waals surface area contributed by atoms with Crippen molar-refractivity contribution in [2.75, 3.05) is 52.1 Å². The van der Waals surface area contributed by atoms with Crippen LogP contribution in [0.2, 0.25) is 0 Å². The summed E-state index contributed by atoms with van der Waals surface area (Å²) in [4.78, 5) is 15.1. The summed E-state index contributed by atoms with van der Waals surface area (Å²) in [6, 6.07) is 4.77. The number of carbonyl (C=O) groups is 1. The van der Waals surface area contributed by atoms with E-state index in [-0.39, 0.29) is 18.1 Å². The molecule has 2 heterocycles. The van der Waals surface area contributed by atoms with Gasteiger partial charge in [-0.3, -0.25) is 0 Å². The van der Waals surface area contributed by atoms with E-state index in [9.17, 15) is 13.2 Å². The quantitative estimate of drug-likeness (QED) is 0.743. The van der Waals surface area contributed by atoms with Crippen LogP contribution in [0.5, 0.6) is 11.5 Å². The highest BCUT2D eigenvalue weighted by molar-refractivity contribution is 7.88. The number of hydrogen-bond donors (Lipinski definition) is 1. The van der Waals surface area contributed by atoms with Gasteiger partial charge in [-0.2, -0.15) is 0 Å². The summed E-state index contributed by atoms with van der Waals surface area (Å²) in [5.41, 5.74) is 0.586. The normalized spacial score (nSPS) is 21.0. The number of nitrogens with zero attached hydrogens (tertiary/aromatic N) is 2. The van der Waals surface area contributed by atoms with E-state index in [4.69, 9.17) is 14.2 Å². The lowest BCUT2D eigenvalue weighted by Gasteiger charge is -2.38. The first kappa shape index (κ1) is 21.7. The highest BCUT2D eigenvalue weighted by Gasteiger charge is 2.38. The molecule has 2 fully saturated rings. The van der Waals surface area contributed by atoms with E-state index in [0.29, 0.717) is 49.9 Å². The van der Waals surface area contributed by atoms with Crippen LogP contribution in [0.4, 0.5) is 10.5 Å². The summed E-state index contributed by atoms with van der Waals surface area (Å²) in [7, 11) is -0.191. The monoisotopic (exact) mass is 427 g/mol. The van der Waals surface area contributed by atoms with Crippen molar-refractivity contribution >= 4 is 21.7 Å². The summed E-state index contributed by atoms with van der Waals surface area (Å²) >= 11 is 0. The fourth-order valence-corrected chi connectivity index (χ4v) is 4.81. The molecule has 9 nitrogen and oxygen atoms in total. The largest absolute Gasteiger partial charge is 0.493 e. The smallest absolute Gasteiger partial charge is 0.322 e. The third-order valence-corrected chi connectivity index (χ3v) is 6.71. The molecule has 2 amide bonds. The first-order valence-electron chi connectivity index (χ1n) is 9.67. The Hall–Kier alpha value is -2.04. The number of anilines is 1. The van der Waals surface area contributed by atoms with Gasteiger partial charge < -0.3 is 24.4 Å². The Morgan fingerprint density at radius 2 is 1.83 bits per heavy atom. The molecule has 0 aromatic heterocycles. The standard InChI is InChI=1S/C19H29N3O6S/c1-26-17-5-4-14(12-18(17)27-2)20-19(23)22(15-7-10-28-11-8-15)16-6-9-21(13-16)29(3,24)25/h4-5,12,15-16H,6-11,13H2,1-3H3,(H,20,23). The Morgan fingerprint density at radius 1 is 1.14 bits per heavy atom. The predicted octanol–water partition coefficient (Wildman–Crippen LogP) is 1.75. The molecule has 3 rings (SSSR count). The third-order valence-electron chi connectivity index (χ3n) is 5.44. The number of hydrogen-bond acceptors (Lipinski definition) is 6. The number of sulfonamides is 1. The molecule has 29 heavy (non-hydrogen) atoms. The zero-order valence-electron chi connectivity index (χ0n) is 17.1. The lowest BCUT2D eigenvalue weighted by molar-refractivity contribution is 0.0375. The molecule has 0 aliphatic carbocycles. The minimum absolute atomic E-state index is 0.00778. The Kier molecular flexibility index (Phi) is 6.86. The van der Waals surface area contributed by atoms with Gasteiger partial charge in [-0.1, -0.05) is 0 Å². The van der Waals surface area contributed by atoms with Crippen LogP contribution in [0.3, 0.4) is 0 Å². The molecule has 1 aromatic rings. The average molecular weight is 428 g/mol. The van der Waals surface area contributed by atoms with Crippen molar-refractivity contribution in [3.05, 3.63) is 18.2 Å². The van der Waals surface area contributed by atoms with Gasteiger partial charge in [0.1, 0.15) is 0 Å². The molecule has 2 aliphatic heterocycles. The summed E-state index contributed by atoms with van der Waals surface area (Å²) in [5.74, 6) is 1.10. The van der Waals surface area contributed by atoms with Crippen molar-refractivity contribution in [1.29, 1.82) is 0 Å². The van der Waals surface area contributed by atoms with E-state index >= 15 is 0 Å². The summed E-state index contributed by atoms with van der Waals surface area (Å²) in [6.45, 7) is 1.92. The minimum Gasteiger partial charge on any atom is -0.493 e. The maximum Gasteiger partial charge on any atom is 0.322 e. The molecular formula is C19H29N3O6S. The molecule has 0 spiro atoms. The molecule has 2 saturated heterocycles. The van der Waals surface area contributed by atoms with E-state index in [2.05, 4.69) is 5.32 Å². The van der Waals surface area contributed by atoms with Crippen molar-refractivity contribution in [3.8, 4) is 11.5 Å². The second kappa shape index (κ2) is 9.19. The average Bonchev–Trinajstić information content (AvgIpc) is 3.19. The molecule has 1 atom stereocenters. The zero-order valence-corrected chi connectivity index (χ0v) is 17.9. The van der Waals surface area contributed by atoms with Crippen LogP contribution < -0.4 is 14.8 Å². The van der Waals surface area contributed by atoms with Gasteiger partial charge in [-0.05, 0) is 31.4 Å². The van der Waals surface area contributed by atoms with Crippen LogP contribution in [0.25, 0.3) is 0 Å². The second-order valence-corrected chi connectivity index (χ2v) is 9.30. The fraction of sp³-hybridized carbons (Fsp3) is 0.632. The third kappa shape index (κ3) is 5.12. The van der Waals surface area contributed by atoms with Crippen LogP contribution in [0.1, 0.15) is 19.3 Å². The van der Waals surface area contributed by atoms with Gasteiger partial charge in [-0.15, -0.1) is 0 Å². The maximum absolute atomic E-state index is 13.2. The van der Waals surface area contributed by atoms with Gasteiger partial charge >= 0.3 is 6.03 Å². The Morgan fingerprint density at radius 3 is 2.41 bits per heavy atom. The second-order valence-electron chi connectivity index (χ2n) is 7.31. The summed E-state index contributed by atoms with van der Waals surface area (Å²) in [6.07, 6.45) is 3.28. The van der Waals surface area contributed by atoms with Crippen LogP contribution in [0, 0.1) is 0 Å². The predicted molar refractivity (Wildman–Crippen MR) is 109 cm³/mol. The van der Waals surface area contributed by atoms with Gasteiger partial charge in [0.2, 0.25) is 10.0 Å². The van der Waals surface area contributed by atoms with Crippen molar-refractivity contribution in [2.24, 2.45) is 0 Å². The SMILES string of the molecule is COc1ccc(NC(=O)N(C2CCOCC2)C2CCN(S(C)(=O)=O)C2)cc1OC. The van der Waals surface area contributed by atoms with Gasteiger partial charge in [0, 0.05) is 50.1 Å². The molecule has 1 aromatic carbocycles. The number of nitrogens with one attached hydrogen (secondary N) is 1. The van der Waals surface area contributed by atoms with Crippen LogP contribution in [0.15, 0.2) is 18.2 Å². The molecule has 162 valence electrons. The summed E-state index contributed by atoms with van der Waals surface area (Å²) < 4.78 is 41.3. The van der Waals surface area contributed by atoms with Crippen molar-refractivity contribution < 1.29 is 27.4 Å². The lowest BCUT2D eigenvalue weighted by Crippen LogP contribution is -2.52. The van der Waals surface area contributed by atoms with E-state index < -0.39 is 10.0 Å². The molecule has 0 bridgehead atoms. The van der Waals surface area contributed by atoms with E-state index in [0.717, 1.165) is 12.8 Å². The lowest BCUT2D eigenvalue weighted by atomic mass is 10.0. The van der Waals surface area contributed by atoms with E-state index in [1.807, 2.05) is 4.90 Å². The molecule has 0 saturated carbocycles. The first-order chi connectivity index (χ1) is 13.8. The van der Waals surface area contributed by atoms with Gasteiger partial charge in [0.15, 0.2) is 11.5 Å². The Bertz CT molecular complexity index is 825. The number of urea groups is 1. The number of benzene rings is 1. The summed E-state index contributed by atoms with van der Waals surface area (Å²) in [5, 5.41) is 2.94. The highest BCUT2D eigenvalue weighted by Crippen LogP contribution is 2.31. The van der Waals surface area contributed by atoms with Gasteiger partial charge in [-0.25, -0.2) is 17.5 Å². The van der Waals surface area contributed by atoms with Crippen LogP contribution in [-0.2, 0) is 14.8 Å². The zero-order chi connectivity index (χ0) is 21.0. The number of rotatable bonds is 6. The van der Waals surface area contributed by atoms with Crippen molar-refractivity contribution in [1.82, 2.24) is 9.21 Å². The Labute approximate surface area is 171 Å². The number of carbonyl (C=O) groups excluding carboxylic acids is 1. The molecule has 10 heteroatoms. The number of ether oxygens (including phenoxy) is 3.